The summed E-state index contributed by atoms with van der Waals surface area (Å²) < 4.78 is 0.711. The van der Waals surface area contributed by atoms with Gasteiger partial charge in [0.1, 0.15) is 0 Å². The molecular formula is C19H20N4OS2. The van der Waals surface area contributed by atoms with E-state index >= 15 is 0 Å². The number of carbonyl (C=O) groups excluding carboxylic acids is 1. The van der Waals surface area contributed by atoms with Crippen molar-refractivity contribution in [1.82, 2.24) is 15.1 Å². The zero-order valence-electron chi connectivity index (χ0n) is 14.4. The number of nitrogen functional groups attached to an aromatic ring is 1. The summed E-state index contributed by atoms with van der Waals surface area (Å²) in [5.41, 5.74) is 7.84. The van der Waals surface area contributed by atoms with Crippen molar-refractivity contribution in [2.45, 2.75) is 29.6 Å². The van der Waals surface area contributed by atoms with E-state index in [0.29, 0.717) is 22.6 Å². The summed E-state index contributed by atoms with van der Waals surface area (Å²) in [4.78, 5) is 15.0. The van der Waals surface area contributed by atoms with E-state index in [4.69, 9.17) is 5.73 Å². The molecule has 7 heteroatoms. The third-order valence-corrected chi connectivity index (χ3v) is 5.72. The average Bonchev–Trinajstić information content (AvgIpc) is 3.07. The number of hydrogen-bond acceptors (Lipinski definition) is 6. The van der Waals surface area contributed by atoms with E-state index in [1.165, 1.54) is 23.1 Å². The lowest BCUT2D eigenvalue weighted by Crippen LogP contribution is -2.35. The molecule has 0 aliphatic rings. The van der Waals surface area contributed by atoms with Gasteiger partial charge in [0.05, 0.1) is 5.25 Å². The van der Waals surface area contributed by atoms with E-state index in [0.717, 1.165) is 11.1 Å². The molecule has 5 nitrogen and oxygen atoms in total. The summed E-state index contributed by atoms with van der Waals surface area (Å²) in [6.45, 7) is 3.03. The van der Waals surface area contributed by atoms with Crippen molar-refractivity contribution in [1.29, 1.82) is 0 Å². The first-order valence-corrected chi connectivity index (χ1v) is 9.93. The molecule has 1 atom stereocenters. The lowest BCUT2D eigenvalue weighted by molar-refractivity contribution is -0.131. The van der Waals surface area contributed by atoms with Crippen LogP contribution in [-0.4, -0.2) is 26.3 Å². The number of benzene rings is 2. The van der Waals surface area contributed by atoms with Gasteiger partial charge in [-0.1, -0.05) is 83.8 Å². The number of hydrogen-bond donors (Lipinski definition) is 1. The van der Waals surface area contributed by atoms with E-state index in [2.05, 4.69) is 10.2 Å². The number of rotatable bonds is 7. The van der Waals surface area contributed by atoms with Gasteiger partial charge in [0.2, 0.25) is 11.0 Å². The second kappa shape index (κ2) is 8.82. The van der Waals surface area contributed by atoms with Crippen LogP contribution in [0.2, 0.25) is 0 Å². The molecule has 0 aliphatic heterocycles. The quantitative estimate of drug-likeness (QED) is 0.627. The van der Waals surface area contributed by atoms with Gasteiger partial charge < -0.3 is 10.6 Å². The second-order valence-corrected chi connectivity index (χ2v) is 8.43. The Morgan fingerprint density at radius 3 is 2.04 bits per heavy atom. The number of anilines is 1. The van der Waals surface area contributed by atoms with E-state index in [9.17, 15) is 4.79 Å². The predicted molar refractivity (Wildman–Crippen MR) is 107 cm³/mol. The highest BCUT2D eigenvalue weighted by molar-refractivity contribution is 8.02. The van der Waals surface area contributed by atoms with Crippen LogP contribution in [0.5, 0.6) is 0 Å². The van der Waals surface area contributed by atoms with Crippen LogP contribution in [0.3, 0.4) is 0 Å². The Hall–Kier alpha value is -2.38. The average molecular weight is 385 g/mol. The van der Waals surface area contributed by atoms with Gasteiger partial charge in [-0.2, -0.15) is 0 Å². The Morgan fingerprint density at radius 1 is 1.04 bits per heavy atom. The van der Waals surface area contributed by atoms with Gasteiger partial charge in [-0.3, -0.25) is 4.79 Å². The molecule has 1 aromatic heterocycles. The third kappa shape index (κ3) is 5.06. The predicted octanol–water partition coefficient (Wildman–Crippen LogP) is 3.83. The molecular weight excluding hydrogens is 364 g/mol. The monoisotopic (exact) mass is 384 g/mol. The van der Waals surface area contributed by atoms with Crippen molar-refractivity contribution in [3.8, 4) is 0 Å². The highest BCUT2D eigenvalue weighted by Gasteiger charge is 2.23. The minimum Gasteiger partial charge on any atom is -0.374 e. The van der Waals surface area contributed by atoms with Crippen molar-refractivity contribution in [3.05, 3.63) is 71.8 Å². The molecule has 0 fully saturated rings. The molecule has 2 N–H and O–H groups in total. The van der Waals surface area contributed by atoms with Crippen molar-refractivity contribution in [2.24, 2.45) is 0 Å². The van der Waals surface area contributed by atoms with Crippen LogP contribution in [-0.2, 0) is 17.9 Å². The highest BCUT2D eigenvalue weighted by atomic mass is 32.2. The Balaban J connectivity index is 1.75. The smallest absolute Gasteiger partial charge is 0.236 e. The van der Waals surface area contributed by atoms with Gasteiger partial charge in [0, 0.05) is 13.1 Å². The van der Waals surface area contributed by atoms with E-state index in [-0.39, 0.29) is 11.2 Å². The Morgan fingerprint density at radius 2 is 1.58 bits per heavy atom. The third-order valence-electron chi connectivity index (χ3n) is 3.79. The summed E-state index contributed by atoms with van der Waals surface area (Å²) >= 11 is 2.70. The minimum atomic E-state index is -0.269. The standard InChI is InChI=1S/C19H20N4OS2/c1-14(25-19-22-21-18(20)26-19)17(24)23(12-15-8-4-2-5-9-15)13-16-10-6-3-7-11-16/h2-11,14H,12-13H2,1H3,(H2,20,21)/t14-/m1/s1. The first kappa shape index (κ1) is 18.4. The van der Waals surface area contributed by atoms with Gasteiger partial charge in [-0.15, -0.1) is 10.2 Å². The number of nitrogens with two attached hydrogens (primary N) is 1. The molecule has 0 saturated carbocycles. The Labute approximate surface area is 161 Å². The molecule has 3 rings (SSSR count). The molecule has 0 aliphatic carbocycles. The van der Waals surface area contributed by atoms with Crippen molar-refractivity contribution < 1.29 is 4.79 Å². The summed E-state index contributed by atoms with van der Waals surface area (Å²) in [5.74, 6) is 0.0662. The maximum absolute atomic E-state index is 13.1. The molecule has 0 radical (unpaired) electrons. The van der Waals surface area contributed by atoms with Crippen LogP contribution in [0, 0.1) is 0 Å². The van der Waals surface area contributed by atoms with Gasteiger partial charge in [0.25, 0.3) is 0 Å². The fourth-order valence-corrected chi connectivity index (χ4v) is 4.41. The second-order valence-electron chi connectivity index (χ2n) is 5.83. The molecule has 0 unspecified atom stereocenters. The molecule has 134 valence electrons. The van der Waals surface area contributed by atoms with Crippen LogP contribution >= 0.6 is 23.1 Å². The summed E-state index contributed by atoms with van der Waals surface area (Å²) in [7, 11) is 0. The first-order valence-electron chi connectivity index (χ1n) is 8.24. The summed E-state index contributed by atoms with van der Waals surface area (Å²) in [6, 6.07) is 20.1. The summed E-state index contributed by atoms with van der Waals surface area (Å²) in [6.07, 6.45) is 0. The number of aromatic nitrogens is 2. The van der Waals surface area contributed by atoms with Crippen molar-refractivity contribution >= 4 is 34.1 Å². The van der Waals surface area contributed by atoms with Crippen LogP contribution in [0.1, 0.15) is 18.1 Å². The summed E-state index contributed by atoms with van der Waals surface area (Å²) in [5, 5.41) is 7.96. The molecule has 0 spiro atoms. The molecule has 0 saturated heterocycles. The fraction of sp³-hybridized carbons (Fsp3) is 0.211. The van der Waals surface area contributed by atoms with Gasteiger partial charge in [-0.05, 0) is 18.1 Å². The van der Waals surface area contributed by atoms with Crippen molar-refractivity contribution in [2.75, 3.05) is 5.73 Å². The maximum atomic E-state index is 13.1. The van der Waals surface area contributed by atoms with Crippen LogP contribution in [0.25, 0.3) is 0 Å². The molecule has 26 heavy (non-hydrogen) atoms. The van der Waals surface area contributed by atoms with E-state index < -0.39 is 0 Å². The van der Waals surface area contributed by atoms with Crippen molar-refractivity contribution in [3.63, 3.8) is 0 Å². The number of amides is 1. The lowest BCUT2D eigenvalue weighted by atomic mass is 10.1. The largest absolute Gasteiger partial charge is 0.374 e. The van der Waals surface area contributed by atoms with E-state index in [1.807, 2.05) is 72.5 Å². The van der Waals surface area contributed by atoms with Crippen LogP contribution in [0.15, 0.2) is 65.0 Å². The van der Waals surface area contributed by atoms with Gasteiger partial charge >= 0.3 is 0 Å². The number of nitrogens with zero attached hydrogens (tertiary/aromatic N) is 3. The molecule has 3 aromatic rings. The zero-order chi connectivity index (χ0) is 18.4. The number of carbonyl (C=O) groups is 1. The molecule has 2 aromatic carbocycles. The minimum absolute atomic E-state index is 0.0662. The first-order chi connectivity index (χ1) is 12.6. The zero-order valence-corrected chi connectivity index (χ0v) is 16.0. The molecule has 0 bridgehead atoms. The van der Waals surface area contributed by atoms with Crippen LogP contribution < -0.4 is 5.73 Å². The normalized spacial score (nSPS) is 11.9. The molecule has 1 amide bonds. The van der Waals surface area contributed by atoms with E-state index in [1.54, 1.807) is 0 Å². The SMILES string of the molecule is C[C@@H](Sc1nnc(N)s1)C(=O)N(Cc1ccccc1)Cc1ccccc1. The number of thioether (sulfide) groups is 1. The maximum Gasteiger partial charge on any atom is 0.236 e. The Bertz CT molecular complexity index is 798. The Kier molecular flexibility index (Phi) is 6.25. The van der Waals surface area contributed by atoms with Crippen LogP contribution in [0.4, 0.5) is 5.13 Å². The lowest BCUT2D eigenvalue weighted by Gasteiger charge is -2.25. The van der Waals surface area contributed by atoms with Gasteiger partial charge in [-0.25, -0.2) is 0 Å². The fourth-order valence-electron chi connectivity index (χ4n) is 2.55. The highest BCUT2D eigenvalue weighted by Crippen LogP contribution is 2.29. The molecule has 1 heterocycles. The topological polar surface area (TPSA) is 72.1 Å². The van der Waals surface area contributed by atoms with Gasteiger partial charge in [0.15, 0.2) is 4.34 Å².